The van der Waals surface area contributed by atoms with Crippen molar-refractivity contribution in [3.63, 3.8) is 0 Å². The molecule has 1 fully saturated rings. The molecule has 0 amide bonds. The molecule has 2 heterocycles. The van der Waals surface area contributed by atoms with E-state index in [4.69, 9.17) is 4.74 Å². The van der Waals surface area contributed by atoms with E-state index in [1.54, 1.807) is 13.3 Å². The molecule has 19 heavy (non-hydrogen) atoms. The second-order valence-corrected chi connectivity index (χ2v) is 4.61. The highest BCUT2D eigenvalue weighted by Gasteiger charge is 2.27. The fourth-order valence-corrected chi connectivity index (χ4v) is 1.95. The van der Waals surface area contributed by atoms with Crippen LogP contribution in [0, 0.1) is 0 Å². The number of pyridine rings is 1. The maximum atomic E-state index is 5.15. The molecule has 2 aromatic heterocycles. The summed E-state index contributed by atoms with van der Waals surface area (Å²) in [5, 5.41) is 3.09. The lowest BCUT2D eigenvalue weighted by Gasteiger charge is -2.08. The summed E-state index contributed by atoms with van der Waals surface area (Å²) in [6.07, 6.45) is 4.10. The Kier molecular flexibility index (Phi) is 3.03. The van der Waals surface area contributed by atoms with Crippen molar-refractivity contribution in [2.24, 2.45) is 0 Å². The van der Waals surface area contributed by atoms with Gasteiger partial charge in [-0.05, 0) is 18.9 Å². The van der Waals surface area contributed by atoms with Gasteiger partial charge in [-0.2, -0.15) is 0 Å². The van der Waals surface area contributed by atoms with Crippen LogP contribution < -0.4 is 10.1 Å². The van der Waals surface area contributed by atoms with E-state index in [9.17, 15) is 0 Å². The second-order valence-electron chi connectivity index (χ2n) is 4.61. The number of anilines is 1. The molecule has 3 rings (SSSR count). The molecule has 0 atom stereocenters. The summed E-state index contributed by atoms with van der Waals surface area (Å²) < 4.78 is 5.15. The average Bonchev–Trinajstić information content (AvgIpc) is 3.31. The van der Waals surface area contributed by atoms with Gasteiger partial charge in [0.15, 0.2) is 0 Å². The average molecular weight is 256 g/mol. The zero-order valence-electron chi connectivity index (χ0n) is 11.1. The van der Waals surface area contributed by atoms with Crippen LogP contribution in [0.1, 0.15) is 24.6 Å². The first-order valence-electron chi connectivity index (χ1n) is 6.37. The first kappa shape index (κ1) is 11.9. The number of aromatic nitrogens is 3. The Labute approximate surface area is 112 Å². The molecule has 2 aromatic rings. The van der Waals surface area contributed by atoms with E-state index >= 15 is 0 Å². The minimum Gasteiger partial charge on any atom is -0.481 e. The van der Waals surface area contributed by atoms with E-state index in [-0.39, 0.29) is 0 Å². The van der Waals surface area contributed by atoms with Gasteiger partial charge in [0.05, 0.1) is 12.8 Å². The molecule has 5 nitrogen and oxygen atoms in total. The van der Waals surface area contributed by atoms with Gasteiger partial charge in [-0.3, -0.25) is 0 Å². The van der Waals surface area contributed by atoms with Crippen LogP contribution in [0.4, 0.5) is 5.82 Å². The summed E-state index contributed by atoms with van der Waals surface area (Å²) in [4.78, 5) is 13.3. The van der Waals surface area contributed by atoms with E-state index in [0.29, 0.717) is 11.8 Å². The number of ether oxygens (including phenoxy) is 1. The van der Waals surface area contributed by atoms with Crippen LogP contribution >= 0.6 is 0 Å². The fourth-order valence-electron chi connectivity index (χ4n) is 1.95. The number of nitrogens with one attached hydrogen (secondary N) is 1. The molecule has 98 valence electrons. The van der Waals surface area contributed by atoms with Gasteiger partial charge in [0.2, 0.25) is 5.88 Å². The van der Waals surface area contributed by atoms with Gasteiger partial charge in [-0.25, -0.2) is 15.0 Å². The summed E-state index contributed by atoms with van der Waals surface area (Å²) >= 11 is 0. The van der Waals surface area contributed by atoms with Crippen molar-refractivity contribution >= 4 is 5.82 Å². The lowest BCUT2D eigenvalue weighted by Crippen LogP contribution is -2.01. The Bertz CT molecular complexity index is 596. The van der Waals surface area contributed by atoms with Gasteiger partial charge in [0, 0.05) is 36.9 Å². The molecular weight excluding hydrogens is 240 g/mol. The molecule has 0 spiro atoms. The molecule has 0 unspecified atom stereocenters. The predicted octanol–water partition coefficient (Wildman–Crippen LogP) is 2.47. The van der Waals surface area contributed by atoms with E-state index < -0.39 is 0 Å². The molecule has 0 radical (unpaired) electrons. The molecule has 1 N–H and O–H groups in total. The Hall–Kier alpha value is -2.17. The highest BCUT2D eigenvalue weighted by molar-refractivity contribution is 5.63. The highest BCUT2D eigenvalue weighted by Crippen LogP contribution is 2.39. The zero-order valence-corrected chi connectivity index (χ0v) is 11.1. The van der Waals surface area contributed by atoms with Crippen molar-refractivity contribution < 1.29 is 4.74 Å². The zero-order chi connectivity index (χ0) is 13.2. The third kappa shape index (κ3) is 2.50. The van der Waals surface area contributed by atoms with Crippen LogP contribution in [0.25, 0.3) is 11.3 Å². The molecular formula is C14H16N4O. The topological polar surface area (TPSA) is 59.9 Å². The summed E-state index contributed by atoms with van der Waals surface area (Å²) in [6, 6.07) is 5.76. The van der Waals surface area contributed by atoms with Crippen molar-refractivity contribution in [3.8, 4) is 17.1 Å². The van der Waals surface area contributed by atoms with Gasteiger partial charge >= 0.3 is 0 Å². The Morgan fingerprint density at radius 2 is 2.11 bits per heavy atom. The number of hydrogen-bond donors (Lipinski definition) is 1. The minimum absolute atomic E-state index is 0.524. The molecule has 0 aliphatic heterocycles. The van der Waals surface area contributed by atoms with Crippen LogP contribution in [-0.4, -0.2) is 29.1 Å². The fraction of sp³-hybridized carbons (Fsp3) is 0.357. The second kappa shape index (κ2) is 4.84. The number of rotatable bonds is 4. The maximum Gasteiger partial charge on any atom is 0.213 e. The Morgan fingerprint density at radius 3 is 2.79 bits per heavy atom. The van der Waals surface area contributed by atoms with Crippen LogP contribution in [0.3, 0.4) is 0 Å². The van der Waals surface area contributed by atoms with E-state index in [2.05, 4.69) is 20.3 Å². The van der Waals surface area contributed by atoms with Crippen molar-refractivity contribution in [2.45, 2.75) is 18.8 Å². The van der Waals surface area contributed by atoms with Gasteiger partial charge in [-0.1, -0.05) is 0 Å². The van der Waals surface area contributed by atoms with Crippen molar-refractivity contribution in [2.75, 3.05) is 19.5 Å². The minimum atomic E-state index is 0.524. The van der Waals surface area contributed by atoms with Gasteiger partial charge in [0.25, 0.3) is 0 Å². The van der Waals surface area contributed by atoms with Crippen molar-refractivity contribution in [1.29, 1.82) is 0 Å². The first-order chi connectivity index (χ1) is 9.30. The lowest BCUT2D eigenvalue weighted by atomic mass is 10.2. The number of nitrogens with zero attached hydrogens (tertiary/aromatic N) is 3. The maximum absolute atomic E-state index is 5.15. The number of hydrogen-bond acceptors (Lipinski definition) is 5. The van der Waals surface area contributed by atoms with Crippen molar-refractivity contribution in [3.05, 3.63) is 30.2 Å². The van der Waals surface area contributed by atoms with Gasteiger partial charge in [0.1, 0.15) is 11.6 Å². The lowest BCUT2D eigenvalue weighted by molar-refractivity contribution is 0.398. The predicted molar refractivity (Wildman–Crippen MR) is 73.3 cm³/mol. The molecule has 5 heteroatoms. The number of methoxy groups -OCH3 is 1. The quantitative estimate of drug-likeness (QED) is 0.910. The van der Waals surface area contributed by atoms with Crippen LogP contribution in [0.5, 0.6) is 5.88 Å². The molecule has 1 aliphatic rings. The summed E-state index contributed by atoms with van der Waals surface area (Å²) in [5.74, 6) is 2.89. The van der Waals surface area contributed by atoms with E-state index in [0.717, 1.165) is 22.9 Å². The van der Waals surface area contributed by atoms with Crippen LogP contribution in [0.2, 0.25) is 0 Å². The summed E-state index contributed by atoms with van der Waals surface area (Å²) in [5.41, 5.74) is 1.90. The Balaban J connectivity index is 2.04. The van der Waals surface area contributed by atoms with Crippen LogP contribution in [0.15, 0.2) is 24.4 Å². The molecule has 0 saturated heterocycles. The summed E-state index contributed by atoms with van der Waals surface area (Å²) in [6.45, 7) is 0. The molecule has 0 aromatic carbocycles. The van der Waals surface area contributed by atoms with Gasteiger partial charge in [-0.15, -0.1) is 0 Å². The summed E-state index contributed by atoms with van der Waals surface area (Å²) in [7, 11) is 3.48. The molecule has 1 aliphatic carbocycles. The van der Waals surface area contributed by atoms with E-state index in [1.807, 2.05) is 25.2 Å². The van der Waals surface area contributed by atoms with E-state index in [1.165, 1.54) is 12.8 Å². The molecule has 1 saturated carbocycles. The molecule has 0 bridgehead atoms. The SMILES string of the molecule is CNc1cc(-c2ccnc(OC)c2)nc(C2CC2)n1. The third-order valence-corrected chi connectivity index (χ3v) is 3.18. The normalized spacial score (nSPS) is 14.2. The third-order valence-electron chi connectivity index (χ3n) is 3.18. The monoisotopic (exact) mass is 256 g/mol. The van der Waals surface area contributed by atoms with Crippen LogP contribution in [-0.2, 0) is 0 Å². The Morgan fingerprint density at radius 1 is 1.26 bits per heavy atom. The largest absolute Gasteiger partial charge is 0.481 e. The van der Waals surface area contributed by atoms with Crippen molar-refractivity contribution in [1.82, 2.24) is 15.0 Å². The first-order valence-corrected chi connectivity index (χ1v) is 6.37. The standard InChI is InChI=1S/C14H16N4O/c1-15-12-8-11(17-14(18-12)9-3-4-9)10-5-6-16-13(7-10)19-2/h5-9H,3-4H2,1-2H3,(H,15,17,18). The smallest absolute Gasteiger partial charge is 0.213 e. The highest BCUT2D eigenvalue weighted by atomic mass is 16.5. The van der Waals surface area contributed by atoms with Gasteiger partial charge < -0.3 is 10.1 Å².